The molecule has 0 radical (unpaired) electrons. The number of rotatable bonds is 6. The maximum atomic E-state index is 15.3. The maximum absolute atomic E-state index is 15.3. The van der Waals surface area contributed by atoms with Gasteiger partial charge in [0.25, 0.3) is 0 Å². The summed E-state index contributed by atoms with van der Waals surface area (Å²) in [5.41, 5.74) is 5.95. The molecule has 4 aromatic carbocycles. The summed E-state index contributed by atoms with van der Waals surface area (Å²) >= 11 is 0. The summed E-state index contributed by atoms with van der Waals surface area (Å²) in [7, 11) is -3.93. The smallest absolute Gasteiger partial charge is 0.412 e. The van der Waals surface area contributed by atoms with Crippen LogP contribution in [0.4, 0.5) is 0 Å². The van der Waals surface area contributed by atoms with Crippen molar-refractivity contribution in [3.05, 3.63) is 113 Å². The van der Waals surface area contributed by atoms with E-state index in [0.29, 0.717) is 16.8 Å². The maximum Gasteiger partial charge on any atom is 0.462 e. The average Bonchev–Trinajstić information content (AvgIpc) is 2.91. The van der Waals surface area contributed by atoms with Gasteiger partial charge in [-0.1, -0.05) is 150 Å². The Hall–Kier alpha value is -3.29. The Morgan fingerprint density at radius 3 is 1.20 bits per heavy atom. The molecule has 0 amide bonds. The van der Waals surface area contributed by atoms with Crippen molar-refractivity contribution in [3.63, 3.8) is 0 Å². The van der Waals surface area contributed by atoms with E-state index in [1.165, 1.54) is 11.1 Å². The van der Waals surface area contributed by atoms with Crippen molar-refractivity contribution in [1.82, 2.24) is 0 Å². The first kappa shape index (κ1) is 33.6. The van der Waals surface area contributed by atoms with Crippen LogP contribution in [-0.4, -0.2) is 0 Å². The molecule has 4 heteroatoms. The van der Waals surface area contributed by atoms with Gasteiger partial charge in [-0.25, -0.2) is 4.57 Å². The summed E-state index contributed by atoms with van der Waals surface area (Å²) < 4.78 is 28.6. The molecule has 0 heterocycles. The highest BCUT2D eigenvalue weighted by Crippen LogP contribution is 2.52. The molecule has 4 aromatic rings. The monoisotopic (exact) mass is 610 g/mol. The van der Waals surface area contributed by atoms with Gasteiger partial charge in [0.15, 0.2) is 0 Å². The lowest BCUT2D eigenvalue weighted by molar-refractivity contribution is 0.387. The fourth-order valence-corrected chi connectivity index (χ4v) is 6.77. The van der Waals surface area contributed by atoms with Crippen LogP contribution in [0.25, 0.3) is 11.1 Å². The fraction of sp³-hybridized carbons (Fsp3) is 0.400. The SMILES string of the molecule is CC(C)(C)c1ccc(OP(=O)(Oc2ccc(C(C)(C)C)cc2C(C)(C)C)c2ccc(-c3ccccc3)cc2)c(C(C)(C)C)c1. The predicted molar refractivity (Wildman–Crippen MR) is 188 cm³/mol. The van der Waals surface area contributed by atoms with E-state index in [0.717, 1.165) is 22.3 Å². The molecule has 0 spiro atoms. The first-order chi connectivity index (χ1) is 20.2. The van der Waals surface area contributed by atoms with Gasteiger partial charge < -0.3 is 9.05 Å². The Balaban J connectivity index is 1.89. The Morgan fingerprint density at radius 1 is 0.455 bits per heavy atom. The van der Waals surface area contributed by atoms with Crippen LogP contribution in [0, 0.1) is 0 Å². The van der Waals surface area contributed by atoms with Crippen LogP contribution in [0.5, 0.6) is 11.5 Å². The Bertz CT molecular complexity index is 1560. The molecule has 234 valence electrons. The predicted octanol–water partition coefficient (Wildman–Crippen LogP) is 11.5. The van der Waals surface area contributed by atoms with Crippen molar-refractivity contribution in [2.45, 2.75) is 105 Å². The van der Waals surface area contributed by atoms with Crippen LogP contribution < -0.4 is 14.4 Å². The van der Waals surface area contributed by atoms with Gasteiger partial charge in [-0.3, -0.25) is 0 Å². The van der Waals surface area contributed by atoms with Crippen molar-refractivity contribution in [1.29, 1.82) is 0 Å². The first-order valence-corrected chi connectivity index (χ1v) is 17.2. The molecule has 0 unspecified atom stereocenters. The van der Waals surface area contributed by atoms with Gasteiger partial charge >= 0.3 is 7.60 Å². The van der Waals surface area contributed by atoms with E-state index in [1.807, 2.05) is 54.6 Å². The molecule has 0 aliphatic heterocycles. The summed E-state index contributed by atoms with van der Waals surface area (Å²) in [6.45, 7) is 26.2. The van der Waals surface area contributed by atoms with Gasteiger partial charge in [0.1, 0.15) is 11.5 Å². The highest BCUT2D eigenvalue weighted by Gasteiger charge is 2.36. The fourth-order valence-electron chi connectivity index (χ4n) is 5.17. The van der Waals surface area contributed by atoms with Gasteiger partial charge in [-0.05, 0) is 68.2 Å². The third-order valence-corrected chi connectivity index (χ3v) is 9.84. The Kier molecular flexibility index (Phi) is 9.09. The van der Waals surface area contributed by atoms with Gasteiger partial charge in [0.05, 0.1) is 5.30 Å². The second kappa shape index (κ2) is 11.9. The molecule has 3 nitrogen and oxygen atoms in total. The Morgan fingerprint density at radius 2 is 0.841 bits per heavy atom. The molecule has 0 bridgehead atoms. The second-order valence-corrected chi connectivity index (χ2v) is 17.9. The van der Waals surface area contributed by atoms with E-state index in [9.17, 15) is 0 Å². The lowest BCUT2D eigenvalue weighted by Crippen LogP contribution is -2.21. The minimum atomic E-state index is -3.93. The average molecular weight is 611 g/mol. The number of benzene rings is 4. The van der Waals surface area contributed by atoms with Crippen molar-refractivity contribution in [2.75, 3.05) is 0 Å². The zero-order chi connectivity index (χ0) is 32.7. The van der Waals surface area contributed by atoms with Crippen LogP contribution in [0.2, 0.25) is 0 Å². The molecule has 4 rings (SSSR count). The molecule has 0 aliphatic rings. The lowest BCUT2D eigenvalue weighted by Gasteiger charge is -2.31. The van der Waals surface area contributed by atoms with Crippen molar-refractivity contribution in [3.8, 4) is 22.6 Å². The van der Waals surface area contributed by atoms with Gasteiger partial charge in [-0.15, -0.1) is 0 Å². The highest BCUT2D eigenvalue weighted by atomic mass is 31.2. The first-order valence-electron chi connectivity index (χ1n) is 15.6. The van der Waals surface area contributed by atoms with Crippen LogP contribution in [-0.2, 0) is 26.2 Å². The highest BCUT2D eigenvalue weighted by molar-refractivity contribution is 7.63. The topological polar surface area (TPSA) is 35.5 Å². The van der Waals surface area contributed by atoms with Gasteiger partial charge in [0.2, 0.25) is 0 Å². The molecular weight excluding hydrogens is 559 g/mol. The zero-order valence-electron chi connectivity index (χ0n) is 28.8. The summed E-state index contributed by atoms with van der Waals surface area (Å²) in [5.74, 6) is 1.15. The second-order valence-electron chi connectivity index (χ2n) is 16.0. The van der Waals surface area contributed by atoms with Crippen LogP contribution in [0.15, 0.2) is 91.0 Å². The van der Waals surface area contributed by atoms with E-state index in [-0.39, 0.29) is 21.7 Å². The van der Waals surface area contributed by atoms with E-state index in [4.69, 9.17) is 9.05 Å². The minimum Gasteiger partial charge on any atom is -0.412 e. The molecule has 0 aliphatic carbocycles. The van der Waals surface area contributed by atoms with E-state index >= 15 is 4.57 Å². The van der Waals surface area contributed by atoms with Crippen molar-refractivity contribution < 1.29 is 13.6 Å². The number of hydrogen-bond donors (Lipinski definition) is 0. The van der Waals surface area contributed by atoms with Gasteiger partial charge in [0, 0.05) is 11.1 Å². The Labute approximate surface area is 266 Å². The summed E-state index contributed by atoms with van der Waals surface area (Å²) in [4.78, 5) is 0. The summed E-state index contributed by atoms with van der Waals surface area (Å²) in [6.07, 6.45) is 0. The third-order valence-electron chi connectivity index (χ3n) is 8.03. The molecule has 0 fully saturated rings. The lowest BCUT2D eigenvalue weighted by atomic mass is 9.80. The van der Waals surface area contributed by atoms with Gasteiger partial charge in [-0.2, -0.15) is 0 Å². The molecule has 44 heavy (non-hydrogen) atoms. The molecule has 0 atom stereocenters. The molecule has 0 saturated heterocycles. The standard InChI is InChI=1S/C40H51O3P/c1-37(2,3)30-20-24-35(33(26-30)39(7,8)9)42-44(41,32-22-18-29(19-23-32)28-16-14-13-15-17-28)43-36-25-21-31(38(4,5)6)27-34(36)40(10,11)12/h13-27H,1-12H3. The van der Waals surface area contributed by atoms with E-state index in [2.05, 4.69) is 119 Å². The van der Waals surface area contributed by atoms with Crippen molar-refractivity contribution >= 4 is 12.9 Å². The molecule has 0 aromatic heterocycles. The van der Waals surface area contributed by atoms with Crippen LogP contribution in [0.1, 0.15) is 105 Å². The third kappa shape index (κ3) is 7.67. The molecule has 0 N–H and O–H groups in total. The quantitative estimate of drug-likeness (QED) is 0.204. The molecule has 0 saturated carbocycles. The minimum absolute atomic E-state index is 0.0393. The zero-order valence-corrected chi connectivity index (χ0v) is 29.7. The largest absolute Gasteiger partial charge is 0.462 e. The van der Waals surface area contributed by atoms with Crippen LogP contribution >= 0.6 is 7.60 Å². The summed E-state index contributed by atoms with van der Waals surface area (Å²) in [5, 5.41) is 0.511. The number of hydrogen-bond acceptors (Lipinski definition) is 3. The van der Waals surface area contributed by atoms with Crippen molar-refractivity contribution in [2.24, 2.45) is 0 Å². The summed E-state index contributed by atoms with van der Waals surface area (Å²) in [6, 6.07) is 30.4. The van der Waals surface area contributed by atoms with Crippen LogP contribution in [0.3, 0.4) is 0 Å². The van der Waals surface area contributed by atoms with E-state index in [1.54, 1.807) is 0 Å². The molecular formula is C40H51O3P. The normalized spacial score (nSPS) is 13.1. The van der Waals surface area contributed by atoms with E-state index < -0.39 is 7.60 Å².